The van der Waals surface area contributed by atoms with Crippen LogP contribution >= 0.6 is 0 Å². The van der Waals surface area contributed by atoms with Crippen LogP contribution in [0.2, 0.25) is 0 Å². The minimum Gasteiger partial charge on any atom is -0.468 e. The Labute approximate surface area is 72.0 Å². The Hall–Kier alpha value is -1.26. The van der Waals surface area contributed by atoms with Crippen LogP contribution < -0.4 is 11.1 Å². The molecule has 0 bridgehead atoms. The van der Waals surface area contributed by atoms with E-state index in [1.54, 1.807) is 0 Å². The summed E-state index contributed by atoms with van der Waals surface area (Å²) in [5, 5.41) is 2.83. The first-order chi connectivity index (χ1) is 5.70. The van der Waals surface area contributed by atoms with Gasteiger partial charge in [0.2, 0.25) is 0 Å². The Morgan fingerprint density at radius 3 is 2.83 bits per heavy atom. The highest BCUT2D eigenvalue weighted by Gasteiger charge is 1.96. The number of hydrogen-bond donors (Lipinski definition) is 2. The average molecular weight is 173 g/mol. The highest BCUT2D eigenvalue weighted by atomic mass is 16.5. The molecule has 0 amide bonds. The molecule has 0 unspecified atom stereocenters. The fraction of sp³-hybridized carbons (Fsp3) is 0.714. The molecule has 5 heteroatoms. The lowest BCUT2D eigenvalue weighted by Crippen LogP contribution is -2.32. The summed E-state index contributed by atoms with van der Waals surface area (Å²) in [6, 6.07) is 0. The van der Waals surface area contributed by atoms with Gasteiger partial charge in [-0.25, -0.2) is 4.99 Å². The number of nitrogens with two attached hydrogens (primary N) is 1. The Morgan fingerprint density at radius 1 is 1.67 bits per heavy atom. The second-order valence-corrected chi connectivity index (χ2v) is 2.20. The van der Waals surface area contributed by atoms with Crippen molar-refractivity contribution in [3.05, 3.63) is 0 Å². The summed E-state index contributed by atoms with van der Waals surface area (Å²) in [6.07, 6.45) is 0.967. The van der Waals surface area contributed by atoms with E-state index in [0.717, 1.165) is 13.0 Å². The number of rotatable bonds is 4. The van der Waals surface area contributed by atoms with E-state index in [2.05, 4.69) is 15.0 Å². The molecular weight excluding hydrogens is 158 g/mol. The van der Waals surface area contributed by atoms with Crippen molar-refractivity contribution >= 4 is 11.9 Å². The van der Waals surface area contributed by atoms with Gasteiger partial charge in [0.05, 0.1) is 7.11 Å². The molecule has 0 saturated heterocycles. The number of carbonyl (C=O) groups excluding carboxylic acids is 1. The van der Waals surface area contributed by atoms with Gasteiger partial charge in [-0.1, -0.05) is 6.92 Å². The van der Waals surface area contributed by atoms with Gasteiger partial charge in [-0.3, -0.25) is 4.79 Å². The van der Waals surface area contributed by atoms with Crippen LogP contribution in [0.15, 0.2) is 4.99 Å². The highest BCUT2D eigenvalue weighted by molar-refractivity contribution is 5.81. The molecule has 0 aromatic carbocycles. The summed E-state index contributed by atoms with van der Waals surface area (Å²) in [5.74, 6) is -0.113. The lowest BCUT2D eigenvalue weighted by Gasteiger charge is -2.01. The van der Waals surface area contributed by atoms with Gasteiger partial charge < -0.3 is 15.8 Å². The Bertz CT molecular complexity index is 168. The van der Waals surface area contributed by atoms with Crippen molar-refractivity contribution in [3.63, 3.8) is 0 Å². The molecule has 0 radical (unpaired) electrons. The van der Waals surface area contributed by atoms with Crippen molar-refractivity contribution in [2.45, 2.75) is 13.3 Å². The normalized spacial score (nSPS) is 11.0. The molecular formula is C7H15N3O2. The van der Waals surface area contributed by atoms with Crippen molar-refractivity contribution < 1.29 is 9.53 Å². The van der Waals surface area contributed by atoms with Gasteiger partial charge in [0.25, 0.3) is 0 Å². The van der Waals surface area contributed by atoms with Crippen LogP contribution in [-0.2, 0) is 9.53 Å². The highest BCUT2D eigenvalue weighted by Crippen LogP contribution is 1.76. The quantitative estimate of drug-likeness (QED) is 0.340. The number of nitrogens with zero attached hydrogens (tertiary/aromatic N) is 1. The van der Waals surface area contributed by atoms with Crippen LogP contribution in [0.25, 0.3) is 0 Å². The van der Waals surface area contributed by atoms with E-state index in [1.165, 1.54) is 7.11 Å². The molecule has 70 valence electrons. The minimum atomic E-state index is -0.392. The van der Waals surface area contributed by atoms with Gasteiger partial charge in [0.1, 0.15) is 6.54 Å². The third kappa shape index (κ3) is 5.52. The molecule has 0 fully saturated rings. The van der Waals surface area contributed by atoms with E-state index in [9.17, 15) is 4.79 Å². The van der Waals surface area contributed by atoms with Gasteiger partial charge in [0, 0.05) is 6.54 Å². The van der Waals surface area contributed by atoms with Crippen LogP contribution in [0.4, 0.5) is 0 Å². The molecule has 12 heavy (non-hydrogen) atoms. The summed E-state index contributed by atoms with van der Waals surface area (Å²) in [4.78, 5) is 14.3. The van der Waals surface area contributed by atoms with Crippen LogP contribution in [-0.4, -0.2) is 32.1 Å². The topological polar surface area (TPSA) is 76.7 Å². The molecule has 0 atom stereocenters. The third-order valence-electron chi connectivity index (χ3n) is 1.16. The summed E-state index contributed by atoms with van der Waals surface area (Å²) in [5.41, 5.74) is 5.39. The van der Waals surface area contributed by atoms with Crippen LogP contribution in [0, 0.1) is 0 Å². The summed E-state index contributed by atoms with van der Waals surface area (Å²) in [6.45, 7) is 2.75. The molecule has 0 heterocycles. The first kappa shape index (κ1) is 10.7. The standard InChI is InChI=1S/C7H15N3O2/c1-3-4-9-7(8)10-5-6(11)12-2/h3-5H2,1-2H3,(H3,8,9,10). The van der Waals surface area contributed by atoms with E-state index in [1.807, 2.05) is 6.92 Å². The van der Waals surface area contributed by atoms with E-state index in [4.69, 9.17) is 5.73 Å². The molecule has 0 aliphatic rings. The molecule has 0 aliphatic carbocycles. The third-order valence-corrected chi connectivity index (χ3v) is 1.16. The largest absolute Gasteiger partial charge is 0.468 e. The van der Waals surface area contributed by atoms with Gasteiger partial charge in [-0.05, 0) is 6.42 Å². The van der Waals surface area contributed by atoms with Crippen LogP contribution in [0.5, 0.6) is 0 Å². The van der Waals surface area contributed by atoms with Crippen LogP contribution in [0.3, 0.4) is 0 Å². The number of hydrogen-bond acceptors (Lipinski definition) is 3. The smallest absolute Gasteiger partial charge is 0.327 e. The average Bonchev–Trinajstić information content (AvgIpc) is 2.10. The second kappa shape index (κ2) is 6.45. The van der Waals surface area contributed by atoms with Crippen molar-refractivity contribution in [3.8, 4) is 0 Å². The molecule has 0 aliphatic heterocycles. The second-order valence-electron chi connectivity index (χ2n) is 2.20. The first-order valence-electron chi connectivity index (χ1n) is 3.81. The monoisotopic (exact) mass is 173 g/mol. The molecule has 0 rings (SSSR count). The summed E-state index contributed by atoms with van der Waals surface area (Å²) in [7, 11) is 1.31. The van der Waals surface area contributed by atoms with Crippen molar-refractivity contribution in [1.29, 1.82) is 0 Å². The SMILES string of the molecule is CCCNC(N)=NCC(=O)OC. The predicted octanol–water partition coefficient (Wildman–Crippen LogP) is -0.526. The first-order valence-corrected chi connectivity index (χ1v) is 3.81. The fourth-order valence-electron chi connectivity index (χ4n) is 0.523. The molecule has 0 saturated carbocycles. The Morgan fingerprint density at radius 2 is 2.33 bits per heavy atom. The lowest BCUT2D eigenvalue weighted by molar-refractivity contribution is -0.138. The zero-order valence-electron chi connectivity index (χ0n) is 7.46. The predicted molar refractivity (Wildman–Crippen MR) is 46.8 cm³/mol. The van der Waals surface area contributed by atoms with E-state index in [-0.39, 0.29) is 12.5 Å². The Kier molecular flexibility index (Phi) is 5.77. The maximum atomic E-state index is 10.6. The maximum Gasteiger partial charge on any atom is 0.327 e. The number of aliphatic imine (C=N–C) groups is 1. The summed E-state index contributed by atoms with van der Waals surface area (Å²) < 4.78 is 4.38. The fourth-order valence-corrected chi connectivity index (χ4v) is 0.523. The van der Waals surface area contributed by atoms with E-state index < -0.39 is 5.97 Å². The summed E-state index contributed by atoms with van der Waals surface area (Å²) >= 11 is 0. The lowest BCUT2D eigenvalue weighted by atomic mass is 10.5. The number of guanidine groups is 1. The van der Waals surface area contributed by atoms with Crippen molar-refractivity contribution in [1.82, 2.24) is 5.32 Å². The molecule has 5 nitrogen and oxygen atoms in total. The number of ether oxygens (including phenoxy) is 1. The zero-order valence-corrected chi connectivity index (χ0v) is 7.46. The van der Waals surface area contributed by atoms with Gasteiger partial charge in [0.15, 0.2) is 5.96 Å². The molecule has 0 aromatic rings. The molecule has 3 N–H and O–H groups in total. The van der Waals surface area contributed by atoms with Gasteiger partial charge in [-0.2, -0.15) is 0 Å². The van der Waals surface area contributed by atoms with E-state index >= 15 is 0 Å². The zero-order chi connectivity index (χ0) is 9.40. The van der Waals surface area contributed by atoms with Crippen molar-refractivity contribution in [2.24, 2.45) is 10.7 Å². The number of nitrogens with one attached hydrogen (secondary N) is 1. The van der Waals surface area contributed by atoms with Crippen molar-refractivity contribution in [2.75, 3.05) is 20.2 Å². The number of carbonyl (C=O) groups is 1. The maximum absolute atomic E-state index is 10.6. The van der Waals surface area contributed by atoms with Gasteiger partial charge in [-0.15, -0.1) is 0 Å². The Balaban J connectivity index is 3.60. The number of methoxy groups -OCH3 is 1. The van der Waals surface area contributed by atoms with Gasteiger partial charge >= 0.3 is 5.97 Å². The number of esters is 1. The van der Waals surface area contributed by atoms with E-state index in [0.29, 0.717) is 0 Å². The molecule has 0 aromatic heterocycles. The minimum absolute atomic E-state index is 0.0287. The molecule has 0 spiro atoms. The van der Waals surface area contributed by atoms with Crippen LogP contribution in [0.1, 0.15) is 13.3 Å².